The van der Waals surface area contributed by atoms with E-state index in [0.29, 0.717) is 28.1 Å². The van der Waals surface area contributed by atoms with Crippen molar-refractivity contribution in [1.29, 1.82) is 0 Å². The van der Waals surface area contributed by atoms with Crippen molar-refractivity contribution < 1.29 is 9.32 Å². The van der Waals surface area contributed by atoms with E-state index in [0.717, 1.165) is 20.4 Å². The Morgan fingerprint density at radius 1 is 1.07 bits per heavy atom. The number of nitrogens with zero attached hydrogens (tertiary/aromatic N) is 2. The molecule has 0 atom stereocenters. The van der Waals surface area contributed by atoms with Gasteiger partial charge in [-0.2, -0.15) is 0 Å². The second-order valence-corrected chi connectivity index (χ2v) is 7.47. The highest BCUT2D eigenvalue weighted by Crippen LogP contribution is 2.28. The van der Waals surface area contributed by atoms with Crippen LogP contribution in [-0.4, -0.2) is 16.0 Å². The lowest BCUT2D eigenvalue weighted by atomic mass is 10.0. The molecule has 4 rings (SSSR count). The van der Waals surface area contributed by atoms with Crippen LogP contribution in [0.1, 0.15) is 21.6 Å². The summed E-state index contributed by atoms with van der Waals surface area (Å²) >= 11 is 2.20. The number of anilines is 1. The fourth-order valence-electron chi connectivity index (χ4n) is 2.90. The van der Waals surface area contributed by atoms with Crippen molar-refractivity contribution in [2.24, 2.45) is 0 Å². The first-order chi connectivity index (χ1) is 13.0. The molecule has 2 aromatic heterocycles. The predicted octanol–water partition coefficient (Wildman–Crippen LogP) is 5.36. The number of hydrogen-bond donors (Lipinski definition) is 1. The van der Waals surface area contributed by atoms with E-state index in [1.54, 1.807) is 6.07 Å². The second kappa shape index (κ2) is 7.11. The molecular formula is C21H16IN3O2. The predicted molar refractivity (Wildman–Crippen MR) is 114 cm³/mol. The van der Waals surface area contributed by atoms with Gasteiger partial charge in [0.15, 0.2) is 0 Å². The third-order valence-electron chi connectivity index (χ3n) is 4.33. The standard InChI is InChI=1S/C21H16IN3O2/c1-12-7-9-14(10-8-12)18-11-15(19-13(2)25-27-21(19)24-18)20(26)23-17-6-4-3-5-16(17)22/h3-11H,1-2H3,(H,23,26). The van der Waals surface area contributed by atoms with Gasteiger partial charge in [0.2, 0.25) is 0 Å². The van der Waals surface area contributed by atoms with E-state index in [9.17, 15) is 4.79 Å². The molecule has 0 aliphatic carbocycles. The number of hydrogen-bond acceptors (Lipinski definition) is 4. The van der Waals surface area contributed by atoms with Gasteiger partial charge < -0.3 is 9.84 Å². The molecule has 0 saturated carbocycles. The van der Waals surface area contributed by atoms with Gasteiger partial charge in [0.05, 0.1) is 28.0 Å². The maximum atomic E-state index is 13.1. The Morgan fingerprint density at radius 2 is 1.81 bits per heavy atom. The average Bonchev–Trinajstić information content (AvgIpc) is 3.04. The fraction of sp³-hybridized carbons (Fsp3) is 0.0952. The van der Waals surface area contributed by atoms with Crippen LogP contribution >= 0.6 is 22.6 Å². The van der Waals surface area contributed by atoms with Crippen LogP contribution < -0.4 is 5.32 Å². The number of halogens is 1. The zero-order chi connectivity index (χ0) is 19.0. The van der Waals surface area contributed by atoms with E-state index >= 15 is 0 Å². The van der Waals surface area contributed by atoms with E-state index in [2.05, 4.69) is 38.0 Å². The van der Waals surface area contributed by atoms with Crippen molar-refractivity contribution in [1.82, 2.24) is 10.1 Å². The zero-order valence-electron chi connectivity index (χ0n) is 14.8. The molecule has 0 bridgehead atoms. The first-order valence-corrected chi connectivity index (χ1v) is 9.51. The first kappa shape index (κ1) is 17.7. The maximum Gasteiger partial charge on any atom is 0.259 e. The minimum atomic E-state index is -0.217. The van der Waals surface area contributed by atoms with Crippen molar-refractivity contribution in [3.8, 4) is 11.3 Å². The lowest BCUT2D eigenvalue weighted by Gasteiger charge is -2.10. The Kier molecular flexibility index (Phi) is 4.65. The summed E-state index contributed by atoms with van der Waals surface area (Å²) in [4.78, 5) is 17.6. The molecule has 0 unspecified atom stereocenters. The first-order valence-electron chi connectivity index (χ1n) is 8.43. The topological polar surface area (TPSA) is 68.0 Å². The summed E-state index contributed by atoms with van der Waals surface area (Å²) in [6.45, 7) is 3.84. The summed E-state index contributed by atoms with van der Waals surface area (Å²) < 4.78 is 6.32. The van der Waals surface area contributed by atoms with Crippen molar-refractivity contribution in [2.45, 2.75) is 13.8 Å². The number of fused-ring (bicyclic) bond motifs is 1. The maximum absolute atomic E-state index is 13.1. The quantitative estimate of drug-likeness (QED) is 0.410. The van der Waals surface area contributed by atoms with Crippen LogP contribution in [0.25, 0.3) is 22.4 Å². The van der Waals surface area contributed by atoms with Gasteiger partial charge in [0.25, 0.3) is 11.6 Å². The third-order valence-corrected chi connectivity index (χ3v) is 5.27. The molecule has 27 heavy (non-hydrogen) atoms. The minimum absolute atomic E-state index is 0.217. The summed E-state index contributed by atoms with van der Waals surface area (Å²) in [6, 6.07) is 17.4. The van der Waals surface area contributed by atoms with Crippen molar-refractivity contribution >= 4 is 45.3 Å². The van der Waals surface area contributed by atoms with Crippen LogP contribution in [0.4, 0.5) is 5.69 Å². The monoisotopic (exact) mass is 469 g/mol. The van der Waals surface area contributed by atoms with Crippen molar-refractivity contribution in [3.05, 3.63) is 75.0 Å². The highest BCUT2D eigenvalue weighted by atomic mass is 127. The molecular weight excluding hydrogens is 453 g/mol. The van der Waals surface area contributed by atoms with Gasteiger partial charge in [-0.25, -0.2) is 4.98 Å². The molecule has 0 aliphatic rings. The van der Waals surface area contributed by atoms with Crippen molar-refractivity contribution in [3.63, 3.8) is 0 Å². The smallest absolute Gasteiger partial charge is 0.259 e. The molecule has 2 heterocycles. The fourth-order valence-corrected chi connectivity index (χ4v) is 3.42. The van der Waals surface area contributed by atoms with Crippen molar-refractivity contribution in [2.75, 3.05) is 5.32 Å². The normalized spacial score (nSPS) is 10.9. The van der Waals surface area contributed by atoms with E-state index < -0.39 is 0 Å². The molecule has 2 aromatic carbocycles. The van der Waals surface area contributed by atoms with Crippen LogP contribution in [0, 0.1) is 17.4 Å². The number of nitrogens with one attached hydrogen (secondary N) is 1. The highest BCUT2D eigenvalue weighted by molar-refractivity contribution is 14.1. The second-order valence-electron chi connectivity index (χ2n) is 6.30. The van der Waals surface area contributed by atoms with Gasteiger partial charge in [-0.15, -0.1) is 0 Å². The van der Waals surface area contributed by atoms with Crippen LogP contribution in [0.5, 0.6) is 0 Å². The minimum Gasteiger partial charge on any atom is -0.335 e. The molecule has 0 saturated heterocycles. The van der Waals surface area contributed by atoms with Gasteiger partial charge in [-0.1, -0.05) is 47.1 Å². The Morgan fingerprint density at radius 3 is 2.56 bits per heavy atom. The SMILES string of the molecule is Cc1ccc(-c2cc(C(=O)Nc3ccccc3I)c3c(C)noc3n2)cc1. The van der Waals surface area contributed by atoms with Gasteiger partial charge in [0, 0.05) is 9.13 Å². The average molecular weight is 469 g/mol. The highest BCUT2D eigenvalue weighted by Gasteiger charge is 2.20. The Labute approximate surface area is 169 Å². The molecule has 1 amide bonds. The van der Waals surface area contributed by atoms with Gasteiger partial charge >= 0.3 is 0 Å². The number of carbonyl (C=O) groups excluding carboxylic acids is 1. The summed E-state index contributed by atoms with van der Waals surface area (Å²) in [5.41, 5.74) is 5.01. The zero-order valence-corrected chi connectivity index (χ0v) is 16.9. The number of amides is 1. The van der Waals surface area contributed by atoms with Gasteiger partial charge in [0.1, 0.15) is 0 Å². The van der Waals surface area contributed by atoms with Gasteiger partial charge in [-0.3, -0.25) is 4.79 Å². The van der Waals surface area contributed by atoms with Crippen LogP contribution in [0.3, 0.4) is 0 Å². The molecule has 1 N–H and O–H groups in total. The third kappa shape index (κ3) is 3.44. The molecule has 0 fully saturated rings. The largest absolute Gasteiger partial charge is 0.335 e. The Hall–Kier alpha value is -2.74. The number of rotatable bonds is 3. The van der Waals surface area contributed by atoms with Gasteiger partial charge in [-0.05, 0) is 54.6 Å². The van der Waals surface area contributed by atoms with Crippen LogP contribution in [0.15, 0.2) is 59.1 Å². The number of pyridine rings is 1. The lowest BCUT2D eigenvalue weighted by Crippen LogP contribution is -2.14. The number of aromatic nitrogens is 2. The van der Waals surface area contributed by atoms with Crippen LogP contribution in [0.2, 0.25) is 0 Å². The van der Waals surface area contributed by atoms with Crippen LogP contribution in [-0.2, 0) is 0 Å². The summed E-state index contributed by atoms with van der Waals surface area (Å²) in [7, 11) is 0. The number of para-hydroxylation sites is 1. The van der Waals surface area contributed by atoms with E-state index in [1.807, 2.05) is 62.4 Å². The number of benzene rings is 2. The molecule has 6 heteroatoms. The van der Waals surface area contributed by atoms with E-state index in [4.69, 9.17) is 4.52 Å². The molecule has 134 valence electrons. The van der Waals surface area contributed by atoms with E-state index in [1.165, 1.54) is 0 Å². The summed E-state index contributed by atoms with van der Waals surface area (Å²) in [5.74, 6) is -0.217. The summed E-state index contributed by atoms with van der Waals surface area (Å²) in [6.07, 6.45) is 0. The summed E-state index contributed by atoms with van der Waals surface area (Å²) in [5, 5.41) is 7.61. The molecule has 0 radical (unpaired) electrons. The van der Waals surface area contributed by atoms with E-state index in [-0.39, 0.29) is 5.91 Å². The lowest BCUT2D eigenvalue weighted by molar-refractivity contribution is 0.102. The molecule has 0 aliphatic heterocycles. The molecule has 4 aromatic rings. The number of aryl methyl sites for hydroxylation is 2. The number of carbonyl (C=O) groups is 1. The molecule has 5 nitrogen and oxygen atoms in total. The molecule has 0 spiro atoms. The Bertz CT molecular complexity index is 1150. The Balaban J connectivity index is 1.83.